The van der Waals surface area contributed by atoms with Gasteiger partial charge in [-0.2, -0.15) is 0 Å². The Hall–Kier alpha value is -2.41. The van der Waals surface area contributed by atoms with E-state index in [9.17, 15) is 14.0 Å². The lowest BCUT2D eigenvalue weighted by Gasteiger charge is -2.18. The molecule has 25 heavy (non-hydrogen) atoms. The minimum absolute atomic E-state index is 0.0774. The number of amides is 3. The second-order valence-electron chi connectivity index (χ2n) is 5.54. The van der Waals surface area contributed by atoms with Gasteiger partial charge >= 0.3 is 6.03 Å². The van der Waals surface area contributed by atoms with E-state index in [1.807, 2.05) is 24.3 Å². The predicted molar refractivity (Wildman–Crippen MR) is 97.3 cm³/mol. The van der Waals surface area contributed by atoms with Crippen molar-refractivity contribution in [1.29, 1.82) is 0 Å². The molecule has 2 rings (SSSR count). The lowest BCUT2D eigenvalue weighted by molar-refractivity contribution is -0.121. The summed E-state index contributed by atoms with van der Waals surface area (Å²) in [4.78, 5) is 23.3. The molecule has 0 radical (unpaired) electrons. The van der Waals surface area contributed by atoms with Crippen molar-refractivity contribution in [3.8, 4) is 0 Å². The summed E-state index contributed by atoms with van der Waals surface area (Å²) < 4.78 is 13.8. The average Bonchev–Trinajstić information content (AvgIpc) is 2.56. The third kappa shape index (κ3) is 6.54. The molecule has 0 heterocycles. The predicted octanol–water partition coefficient (Wildman–Crippen LogP) is 3.05. The molecule has 7 heteroatoms. The number of benzene rings is 2. The van der Waals surface area contributed by atoms with Gasteiger partial charge in [-0.1, -0.05) is 40.2 Å². The van der Waals surface area contributed by atoms with Gasteiger partial charge in [0, 0.05) is 11.0 Å². The van der Waals surface area contributed by atoms with E-state index >= 15 is 0 Å². The number of primary amides is 1. The van der Waals surface area contributed by atoms with Gasteiger partial charge in [0.25, 0.3) is 0 Å². The van der Waals surface area contributed by atoms with E-state index in [4.69, 9.17) is 5.73 Å². The van der Waals surface area contributed by atoms with Crippen LogP contribution in [0, 0.1) is 5.82 Å². The molecule has 0 aromatic heterocycles. The van der Waals surface area contributed by atoms with Crippen LogP contribution in [0.3, 0.4) is 0 Å². The number of carbonyl (C=O) groups is 2. The molecule has 5 nitrogen and oxygen atoms in total. The van der Waals surface area contributed by atoms with Gasteiger partial charge in [-0.25, -0.2) is 9.18 Å². The van der Waals surface area contributed by atoms with E-state index in [1.165, 1.54) is 12.1 Å². The Kier molecular flexibility index (Phi) is 6.94. The number of halogens is 2. The minimum atomic E-state index is -0.688. The first-order valence-electron chi connectivity index (χ1n) is 7.76. The zero-order chi connectivity index (χ0) is 18.2. The fourth-order valence-corrected chi connectivity index (χ4v) is 2.64. The number of nitrogens with two attached hydrogens (primary N) is 1. The molecule has 2 aromatic carbocycles. The lowest BCUT2D eigenvalue weighted by Crippen LogP contribution is -2.37. The van der Waals surface area contributed by atoms with Gasteiger partial charge in [-0.3, -0.25) is 4.79 Å². The fourth-order valence-electron chi connectivity index (χ4n) is 2.37. The molecule has 0 fully saturated rings. The van der Waals surface area contributed by atoms with Crippen LogP contribution in [-0.4, -0.2) is 18.5 Å². The summed E-state index contributed by atoms with van der Waals surface area (Å²) in [6.07, 6.45) is 0.673. The highest BCUT2D eigenvalue weighted by molar-refractivity contribution is 9.10. The fraction of sp³-hybridized carbons (Fsp3) is 0.222. The Balaban J connectivity index is 1.89. The molecule has 0 spiro atoms. The molecule has 1 atom stereocenters. The van der Waals surface area contributed by atoms with E-state index in [2.05, 4.69) is 26.6 Å². The topological polar surface area (TPSA) is 84.2 Å². The van der Waals surface area contributed by atoms with Gasteiger partial charge in [0.2, 0.25) is 5.91 Å². The highest BCUT2D eigenvalue weighted by Crippen LogP contribution is 2.19. The van der Waals surface area contributed by atoms with Crippen molar-refractivity contribution in [3.05, 3.63) is 69.9 Å². The highest BCUT2D eigenvalue weighted by Gasteiger charge is 2.17. The molecule has 0 aliphatic rings. The number of hydrogen-bond acceptors (Lipinski definition) is 2. The standard InChI is InChI=1S/C18H19BrFN3O2/c19-14-5-3-13(4-6-14)16(23-18(21)25)11-17(24)22-10-9-12-1-7-15(20)8-2-12/h1-8,16H,9-11H2,(H,22,24)(H3,21,23,25). The van der Waals surface area contributed by atoms with Crippen LogP contribution in [0.15, 0.2) is 53.0 Å². The average molecular weight is 408 g/mol. The number of rotatable bonds is 7. The molecule has 1 unspecified atom stereocenters. The molecule has 4 N–H and O–H groups in total. The van der Waals surface area contributed by atoms with Crippen molar-refractivity contribution in [2.75, 3.05) is 6.54 Å². The molecular weight excluding hydrogens is 389 g/mol. The second-order valence-corrected chi connectivity index (χ2v) is 6.46. The molecule has 0 saturated heterocycles. The summed E-state index contributed by atoms with van der Waals surface area (Å²) >= 11 is 3.34. The van der Waals surface area contributed by atoms with Crippen molar-refractivity contribution in [2.24, 2.45) is 5.73 Å². The summed E-state index contributed by atoms with van der Waals surface area (Å²) in [5.41, 5.74) is 6.92. The summed E-state index contributed by atoms with van der Waals surface area (Å²) in [5.74, 6) is -0.494. The van der Waals surface area contributed by atoms with Crippen molar-refractivity contribution in [3.63, 3.8) is 0 Å². The van der Waals surface area contributed by atoms with Crippen LogP contribution in [-0.2, 0) is 11.2 Å². The molecule has 132 valence electrons. The van der Waals surface area contributed by atoms with Gasteiger partial charge in [-0.15, -0.1) is 0 Å². The van der Waals surface area contributed by atoms with Crippen LogP contribution in [0.1, 0.15) is 23.6 Å². The zero-order valence-electron chi connectivity index (χ0n) is 13.5. The minimum Gasteiger partial charge on any atom is -0.356 e. The Labute approximate surface area is 153 Å². The van der Waals surface area contributed by atoms with Crippen molar-refractivity contribution in [1.82, 2.24) is 10.6 Å². The van der Waals surface area contributed by atoms with Crippen molar-refractivity contribution in [2.45, 2.75) is 18.9 Å². The normalized spacial score (nSPS) is 11.6. The summed E-state index contributed by atoms with van der Waals surface area (Å²) in [6, 6.07) is 12.2. The molecule has 0 aliphatic carbocycles. The smallest absolute Gasteiger partial charge is 0.312 e. The Bertz CT molecular complexity index is 720. The maximum atomic E-state index is 12.9. The van der Waals surface area contributed by atoms with Gasteiger partial charge in [0.15, 0.2) is 0 Å². The summed E-state index contributed by atoms with van der Waals surface area (Å²) in [5, 5.41) is 5.38. The van der Waals surface area contributed by atoms with Gasteiger partial charge < -0.3 is 16.4 Å². The van der Waals surface area contributed by atoms with E-state index in [1.54, 1.807) is 12.1 Å². The maximum Gasteiger partial charge on any atom is 0.312 e. The first kappa shape index (κ1) is 18.9. The number of hydrogen-bond donors (Lipinski definition) is 3. The van der Waals surface area contributed by atoms with Crippen LogP contribution < -0.4 is 16.4 Å². The first-order valence-corrected chi connectivity index (χ1v) is 8.56. The molecule has 3 amide bonds. The van der Waals surface area contributed by atoms with Crippen LogP contribution in [0.5, 0.6) is 0 Å². The first-order chi connectivity index (χ1) is 11.9. The zero-order valence-corrected chi connectivity index (χ0v) is 15.1. The highest BCUT2D eigenvalue weighted by atomic mass is 79.9. The van der Waals surface area contributed by atoms with Crippen molar-refractivity contribution < 1.29 is 14.0 Å². The Morgan fingerprint density at radius 3 is 2.32 bits per heavy atom. The largest absolute Gasteiger partial charge is 0.356 e. The quantitative estimate of drug-likeness (QED) is 0.658. The summed E-state index contributed by atoms with van der Waals surface area (Å²) in [7, 11) is 0. The second kappa shape index (κ2) is 9.17. The van der Waals surface area contributed by atoms with E-state index in [-0.39, 0.29) is 18.1 Å². The number of nitrogens with one attached hydrogen (secondary N) is 2. The SMILES string of the molecule is NC(=O)NC(CC(=O)NCCc1ccc(F)cc1)c1ccc(Br)cc1. The molecule has 0 saturated carbocycles. The Morgan fingerprint density at radius 1 is 1.08 bits per heavy atom. The van der Waals surface area contributed by atoms with Crippen LogP contribution >= 0.6 is 15.9 Å². The third-order valence-corrected chi connectivity index (χ3v) is 4.16. The van der Waals surface area contributed by atoms with Crippen LogP contribution in [0.2, 0.25) is 0 Å². The Morgan fingerprint density at radius 2 is 1.72 bits per heavy atom. The molecule has 0 aliphatic heterocycles. The lowest BCUT2D eigenvalue weighted by atomic mass is 10.0. The van der Waals surface area contributed by atoms with E-state index in [0.717, 1.165) is 15.6 Å². The molecule has 2 aromatic rings. The molecular formula is C18H19BrFN3O2. The van der Waals surface area contributed by atoms with Gasteiger partial charge in [-0.05, 0) is 41.8 Å². The van der Waals surface area contributed by atoms with Gasteiger partial charge in [0.05, 0.1) is 12.5 Å². The van der Waals surface area contributed by atoms with Crippen molar-refractivity contribution >= 4 is 27.9 Å². The van der Waals surface area contributed by atoms with E-state index in [0.29, 0.717) is 13.0 Å². The number of urea groups is 1. The van der Waals surface area contributed by atoms with E-state index < -0.39 is 12.1 Å². The van der Waals surface area contributed by atoms with Gasteiger partial charge in [0.1, 0.15) is 5.82 Å². The van der Waals surface area contributed by atoms with Crippen LogP contribution in [0.4, 0.5) is 9.18 Å². The third-order valence-electron chi connectivity index (χ3n) is 3.63. The summed E-state index contributed by atoms with van der Waals surface area (Å²) in [6.45, 7) is 0.425. The maximum absolute atomic E-state index is 12.9. The monoisotopic (exact) mass is 407 g/mol. The van der Waals surface area contributed by atoms with Crippen LogP contribution in [0.25, 0.3) is 0 Å². The number of carbonyl (C=O) groups excluding carboxylic acids is 2. The molecule has 0 bridgehead atoms.